The van der Waals surface area contributed by atoms with E-state index in [0.29, 0.717) is 63.9 Å². The number of aromatic nitrogens is 6. The first-order valence-corrected chi connectivity index (χ1v) is 26.1. The quantitative estimate of drug-likeness (QED) is 0.110. The first-order valence-electron chi connectivity index (χ1n) is 23.9. The minimum Gasteiger partial charge on any atom is -0.320 e. The Hall–Kier alpha value is -7.50. The summed E-state index contributed by atoms with van der Waals surface area (Å²) in [6.07, 6.45) is 0.280. The summed E-state index contributed by atoms with van der Waals surface area (Å²) in [5, 5.41) is 10.6. The molecular formula is C57H51Cl6N9O6. The molecule has 3 amide bonds. The van der Waals surface area contributed by atoms with Gasteiger partial charge in [0.2, 0.25) is 17.7 Å². The lowest BCUT2D eigenvalue weighted by atomic mass is 10.1. The molecule has 0 atom stereocenters. The van der Waals surface area contributed by atoms with Gasteiger partial charge in [0.05, 0.1) is 83.5 Å². The van der Waals surface area contributed by atoms with Gasteiger partial charge in [0.15, 0.2) is 0 Å². The number of halogens is 6. The average molecular weight is 1170 g/mol. The molecule has 0 fully saturated rings. The van der Waals surface area contributed by atoms with Crippen LogP contribution in [0.15, 0.2) is 160 Å². The van der Waals surface area contributed by atoms with Crippen molar-refractivity contribution in [3.05, 3.63) is 241 Å². The van der Waals surface area contributed by atoms with Crippen molar-refractivity contribution in [3.8, 4) is 17.1 Å². The van der Waals surface area contributed by atoms with Crippen molar-refractivity contribution in [1.29, 1.82) is 0 Å². The Morgan fingerprint density at radius 3 is 0.808 bits per heavy atom. The molecule has 9 rings (SSSR count). The Balaban J connectivity index is 0.000000170. The highest BCUT2D eigenvalue weighted by Crippen LogP contribution is 2.26. The van der Waals surface area contributed by atoms with E-state index in [0.717, 1.165) is 17.1 Å². The van der Waals surface area contributed by atoms with Gasteiger partial charge in [-0.2, -0.15) is 0 Å². The van der Waals surface area contributed by atoms with E-state index in [9.17, 15) is 28.8 Å². The normalized spacial score (nSPS) is 10.8. The van der Waals surface area contributed by atoms with Crippen LogP contribution in [0, 0.1) is 20.8 Å². The number of nitrogens with one attached hydrogen (secondary N) is 3. The third-order valence-corrected chi connectivity index (χ3v) is 14.7. The molecule has 0 radical (unpaired) electrons. The molecule has 0 aliphatic rings. The van der Waals surface area contributed by atoms with Gasteiger partial charge in [-0.25, -0.2) is 14.0 Å². The van der Waals surface area contributed by atoms with Crippen LogP contribution in [0.4, 0.5) is 17.1 Å². The Kier molecular flexibility index (Phi) is 19.2. The van der Waals surface area contributed by atoms with E-state index in [-0.39, 0.29) is 70.7 Å². The van der Waals surface area contributed by atoms with E-state index in [1.807, 2.05) is 91.0 Å². The topological polar surface area (TPSA) is 168 Å². The maximum Gasteiger partial charge on any atom is 0.295 e. The molecule has 0 saturated heterocycles. The Labute approximate surface area is 478 Å². The fourth-order valence-electron chi connectivity index (χ4n) is 8.19. The summed E-state index contributed by atoms with van der Waals surface area (Å²) in [4.78, 5) is 75.5. The van der Waals surface area contributed by atoms with Crippen LogP contribution >= 0.6 is 69.6 Å². The van der Waals surface area contributed by atoms with E-state index >= 15 is 0 Å². The second-order valence-electron chi connectivity index (χ2n) is 17.7. The van der Waals surface area contributed by atoms with Crippen LogP contribution in [0.2, 0.25) is 30.1 Å². The molecule has 15 nitrogen and oxygen atoms in total. The lowest BCUT2D eigenvalue weighted by Crippen LogP contribution is -2.23. The number of para-hydroxylation sites is 3. The summed E-state index contributed by atoms with van der Waals surface area (Å²) in [6.45, 7) is 5.36. The van der Waals surface area contributed by atoms with Crippen LogP contribution in [0.1, 0.15) is 33.8 Å². The van der Waals surface area contributed by atoms with Crippen LogP contribution < -0.4 is 32.6 Å². The monoisotopic (exact) mass is 1170 g/mol. The van der Waals surface area contributed by atoms with E-state index in [2.05, 4.69) is 16.0 Å². The number of hydrogen-bond donors (Lipinski definition) is 3. The molecule has 0 spiro atoms. The average Bonchev–Trinajstić information content (AvgIpc) is 3.91. The van der Waals surface area contributed by atoms with Crippen LogP contribution in [0.3, 0.4) is 0 Å². The molecule has 0 aliphatic carbocycles. The molecule has 0 aliphatic heterocycles. The lowest BCUT2D eigenvalue weighted by molar-refractivity contribution is -0.116. The van der Waals surface area contributed by atoms with E-state index in [1.54, 1.807) is 111 Å². The van der Waals surface area contributed by atoms with Crippen molar-refractivity contribution in [2.24, 2.45) is 21.1 Å². The number of carbonyl (C=O) groups is 3. The van der Waals surface area contributed by atoms with Crippen molar-refractivity contribution in [3.63, 3.8) is 0 Å². The summed E-state index contributed by atoms with van der Waals surface area (Å²) in [5.41, 5.74) is 6.30. The van der Waals surface area contributed by atoms with Crippen molar-refractivity contribution in [2.75, 3.05) is 16.0 Å². The minimum absolute atomic E-state index is 0.0933. The highest BCUT2D eigenvalue weighted by molar-refractivity contribution is 6.43. The van der Waals surface area contributed by atoms with Crippen LogP contribution in [0.25, 0.3) is 17.1 Å². The maximum atomic E-state index is 12.8. The summed E-state index contributed by atoms with van der Waals surface area (Å²) >= 11 is 35.6. The Morgan fingerprint density at radius 1 is 0.359 bits per heavy atom. The van der Waals surface area contributed by atoms with Gasteiger partial charge in [0.25, 0.3) is 16.7 Å². The SMILES string of the molecule is Cc1c(NC(=O)Cc2ccc(Cl)c(Cl)c2)c(=O)n(-c2ccccc2)n1C.Cc1c(NC(=O)Cc2ccc(Cl)c(Cl)c2)c(=O)n(-c2ccccc2)n1C.Cc1c(NC(=O)Cc2ccc(Cl)c(Cl)c2)c(=O)n(-c2ccccc2)n1C. The molecule has 3 heterocycles. The van der Waals surface area contributed by atoms with Gasteiger partial charge >= 0.3 is 0 Å². The van der Waals surface area contributed by atoms with Gasteiger partial charge in [0, 0.05) is 21.1 Å². The molecule has 0 bridgehead atoms. The molecule has 402 valence electrons. The highest BCUT2D eigenvalue weighted by atomic mass is 35.5. The van der Waals surface area contributed by atoms with Gasteiger partial charge in [-0.1, -0.05) is 142 Å². The zero-order valence-corrected chi connectivity index (χ0v) is 47.4. The fraction of sp³-hybridized carbons (Fsp3) is 0.158. The fourth-order valence-corrected chi connectivity index (χ4v) is 9.15. The van der Waals surface area contributed by atoms with Gasteiger partial charge in [-0.05, 0) is 110 Å². The third kappa shape index (κ3) is 13.6. The highest BCUT2D eigenvalue weighted by Gasteiger charge is 2.22. The largest absolute Gasteiger partial charge is 0.320 e. The van der Waals surface area contributed by atoms with Crippen molar-refractivity contribution >= 4 is 104 Å². The standard InChI is InChI=1S/3C19H17Cl2N3O2/c3*1-12-18(19(26)24(23(12)2)14-6-4-3-5-7-14)22-17(25)11-13-8-9-15(20)16(21)10-13/h3*3-10H,11H2,1-2H3,(H,22,25). The molecule has 9 aromatic rings. The first kappa shape index (κ1) is 58.2. The summed E-state index contributed by atoms with van der Waals surface area (Å²) < 4.78 is 9.70. The second-order valence-corrected chi connectivity index (χ2v) is 20.2. The number of benzene rings is 6. The van der Waals surface area contributed by atoms with Crippen molar-refractivity contribution < 1.29 is 14.4 Å². The molecule has 78 heavy (non-hydrogen) atoms. The van der Waals surface area contributed by atoms with Crippen LogP contribution in [-0.2, 0) is 54.8 Å². The van der Waals surface area contributed by atoms with Crippen molar-refractivity contribution in [1.82, 2.24) is 28.1 Å². The van der Waals surface area contributed by atoms with E-state index in [4.69, 9.17) is 69.6 Å². The molecule has 0 saturated carbocycles. The van der Waals surface area contributed by atoms with E-state index in [1.165, 1.54) is 14.0 Å². The van der Waals surface area contributed by atoms with E-state index < -0.39 is 0 Å². The molecule has 21 heteroatoms. The molecule has 3 aromatic heterocycles. The summed E-state index contributed by atoms with van der Waals surface area (Å²) in [6, 6.07) is 42.8. The zero-order valence-electron chi connectivity index (χ0n) is 42.9. The van der Waals surface area contributed by atoms with Gasteiger partial charge in [-0.3, -0.25) is 42.8 Å². The number of amides is 3. The first-order chi connectivity index (χ1) is 37.1. The molecule has 6 aromatic carbocycles. The second kappa shape index (κ2) is 25.8. The predicted molar refractivity (Wildman–Crippen MR) is 314 cm³/mol. The minimum atomic E-state index is -0.297. The van der Waals surface area contributed by atoms with Gasteiger partial charge in [-0.15, -0.1) is 0 Å². The van der Waals surface area contributed by atoms with Gasteiger partial charge < -0.3 is 16.0 Å². The number of rotatable bonds is 12. The van der Waals surface area contributed by atoms with Crippen LogP contribution in [-0.4, -0.2) is 45.8 Å². The van der Waals surface area contributed by atoms with Gasteiger partial charge in [0.1, 0.15) is 17.1 Å². The van der Waals surface area contributed by atoms with Crippen molar-refractivity contribution in [2.45, 2.75) is 40.0 Å². The third-order valence-electron chi connectivity index (χ3n) is 12.5. The number of anilines is 3. The molecule has 0 unspecified atom stereocenters. The lowest BCUT2D eigenvalue weighted by Gasteiger charge is -2.07. The molecular weight excluding hydrogens is 1120 g/mol. The summed E-state index contributed by atoms with van der Waals surface area (Å²) in [7, 11) is 5.33. The number of carbonyl (C=O) groups excluding carboxylic acids is 3. The van der Waals surface area contributed by atoms with Crippen LogP contribution in [0.5, 0.6) is 0 Å². The Morgan fingerprint density at radius 2 is 0.590 bits per heavy atom. The summed E-state index contributed by atoms with van der Waals surface area (Å²) in [5.74, 6) is -0.891. The maximum absolute atomic E-state index is 12.8. The Bertz CT molecular complexity index is 3470. The zero-order chi connectivity index (χ0) is 56.5. The number of nitrogens with zero attached hydrogens (tertiary/aromatic N) is 6. The predicted octanol–water partition coefficient (Wildman–Crippen LogP) is 11.9. The number of hydrogen-bond acceptors (Lipinski definition) is 6. The molecule has 3 N–H and O–H groups in total. The smallest absolute Gasteiger partial charge is 0.295 e.